The van der Waals surface area contributed by atoms with E-state index in [9.17, 15) is 28.1 Å². The molecule has 0 N–H and O–H groups in total. The topological polar surface area (TPSA) is 66.7 Å². The average Bonchev–Trinajstić information content (AvgIpc) is 2.83. The molecular weight excluding hydrogens is 435 g/mol. The SMILES string of the molecule is O=C(c1ccc(-c2ccccc2)cc1)N1CCN(c2ccc(C(F)(F)F)cc2[N+](=O)[O-])CC1. The van der Waals surface area contributed by atoms with Crippen LogP contribution < -0.4 is 4.90 Å². The van der Waals surface area contributed by atoms with E-state index in [2.05, 4.69) is 0 Å². The number of benzene rings is 3. The van der Waals surface area contributed by atoms with Gasteiger partial charge in [-0.15, -0.1) is 0 Å². The van der Waals surface area contributed by atoms with Gasteiger partial charge in [0.05, 0.1) is 10.5 Å². The van der Waals surface area contributed by atoms with E-state index in [0.717, 1.165) is 23.3 Å². The first-order chi connectivity index (χ1) is 15.7. The maximum atomic E-state index is 12.9. The highest BCUT2D eigenvalue weighted by atomic mass is 19.4. The van der Waals surface area contributed by atoms with Gasteiger partial charge < -0.3 is 9.80 Å². The van der Waals surface area contributed by atoms with E-state index < -0.39 is 22.4 Å². The molecule has 1 aliphatic rings. The van der Waals surface area contributed by atoms with Gasteiger partial charge in [0.1, 0.15) is 5.69 Å². The summed E-state index contributed by atoms with van der Waals surface area (Å²) in [6.45, 7) is 1.16. The molecule has 0 saturated carbocycles. The van der Waals surface area contributed by atoms with Crippen LogP contribution in [0.5, 0.6) is 0 Å². The smallest absolute Gasteiger partial charge is 0.362 e. The number of nitro benzene ring substituents is 1. The number of amides is 1. The van der Waals surface area contributed by atoms with Crippen LogP contribution in [0.3, 0.4) is 0 Å². The van der Waals surface area contributed by atoms with Crippen molar-refractivity contribution >= 4 is 17.3 Å². The lowest BCUT2D eigenvalue weighted by Gasteiger charge is -2.36. The predicted molar refractivity (Wildman–Crippen MR) is 118 cm³/mol. The number of hydrogen-bond donors (Lipinski definition) is 0. The van der Waals surface area contributed by atoms with Gasteiger partial charge in [0.25, 0.3) is 11.6 Å². The number of nitrogens with zero attached hydrogens (tertiary/aromatic N) is 3. The van der Waals surface area contributed by atoms with E-state index in [1.807, 2.05) is 42.5 Å². The third-order valence-corrected chi connectivity index (χ3v) is 5.65. The summed E-state index contributed by atoms with van der Waals surface area (Å²) in [5.74, 6) is -0.156. The average molecular weight is 455 g/mol. The maximum Gasteiger partial charge on any atom is 0.416 e. The zero-order valence-corrected chi connectivity index (χ0v) is 17.5. The minimum absolute atomic E-state index is 0.118. The Labute approximate surface area is 188 Å². The minimum Gasteiger partial charge on any atom is -0.362 e. The molecule has 0 bridgehead atoms. The number of carbonyl (C=O) groups excluding carboxylic acids is 1. The van der Waals surface area contributed by atoms with Crippen LogP contribution in [0, 0.1) is 10.1 Å². The van der Waals surface area contributed by atoms with Gasteiger partial charge in [0.15, 0.2) is 0 Å². The molecule has 0 aliphatic carbocycles. The van der Waals surface area contributed by atoms with Crippen molar-refractivity contribution in [3.63, 3.8) is 0 Å². The Morgan fingerprint density at radius 2 is 1.45 bits per heavy atom. The molecule has 9 heteroatoms. The predicted octanol–water partition coefficient (Wildman–Crippen LogP) is 5.24. The molecule has 0 radical (unpaired) electrons. The standard InChI is InChI=1S/C24H20F3N3O3/c25-24(26,27)20-10-11-21(22(16-20)30(32)33)28-12-14-29(15-13-28)23(31)19-8-6-18(7-9-19)17-4-2-1-3-5-17/h1-11,16H,12-15H2. The monoisotopic (exact) mass is 455 g/mol. The molecule has 0 aromatic heterocycles. The number of nitro groups is 1. The van der Waals surface area contributed by atoms with Gasteiger partial charge in [-0.05, 0) is 35.4 Å². The Morgan fingerprint density at radius 1 is 0.848 bits per heavy atom. The second-order valence-electron chi connectivity index (χ2n) is 7.68. The van der Waals surface area contributed by atoms with Crippen LogP contribution in [0.2, 0.25) is 0 Å². The van der Waals surface area contributed by atoms with Crippen LogP contribution in [0.25, 0.3) is 11.1 Å². The lowest BCUT2D eigenvalue weighted by molar-refractivity contribution is -0.384. The van der Waals surface area contributed by atoms with Crippen molar-refractivity contribution in [2.45, 2.75) is 6.18 Å². The van der Waals surface area contributed by atoms with Gasteiger partial charge >= 0.3 is 6.18 Å². The molecule has 1 amide bonds. The van der Waals surface area contributed by atoms with Crippen molar-refractivity contribution in [1.82, 2.24) is 4.90 Å². The van der Waals surface area contributed by atoms with Gasteiger partial charge in [0, 0.05) is 37.8 Å². The van der Waals surface area contributed by atoms with E-state index in [4.69, 9.17) is 0 Å². The van der Waals surface area contributed by atoms with E-state index in [1.165, 1.54) is 0 Å². The van der Waals surface area contributed by atoms with Crippen LogP contribution in [-0.2, 0) is 6.18 Å². The summed E-state index contributed by atoms with van der Waals surface area (Å²) in [6, 6.07) is 19.6. The van der Waals surface area contributed by atoms with Crippen molar-refractivity contribution in [3.05, 3.63) is 94.0 Å². The second-order valence-corrected chi connectivity index (χ2v) is 7.68. The van der Waals surface area contributed by atoms with Gasteiger partial charge in [-0.3, -0.25) is 14.9 Å². The number of anilines is 1. The molecule has 3 aromatic carbocycles. The van der Waals surface area contributed by atoms with Gasteiger partial charge in [-0.1, -0.05) is 42.5 Å². The molecule has 3 aromatic rings. The van der Waals surface area contributed by atoms with E-state index in [1.54, 1.807) is 21.9 Å². The lowest BCUT2D eigenvalue weighted by Crippen LogP contribution is -2.49. The number of alkyl halides is 3. The Hall–Kier alpha value is -3.88. The number of halogens is 3. The van der Waals surface area contributed by atoms with Gasteiger partial charge in [-0.2, -0.15) is 13.2 Å². The van der Waals surface area contributed by atoms with Crippen molar-refractivity contribution in [3.8, 4) is 11.1 Å². The Bertz CT molecular complexity index is 1160. The molecule has 33 heavy (non-hydrogen) atoms. The van der Waals surface area contributed by atoms with Crippen molar-refractivity contribution < 1.29 is 22.9 Å². The highest BCUT2D eigenvalue weighted by molar-refractivity contribution is 5.95. The van der Waals surface area contributed by atoms with E-state index in [0.29, 0.717) is 24.7 Å². The van der Waals surface area contributed by atoms with Crippen LogP contribution >= 0.6 is 0 Å². The maximum absolute atomic E-state index is 12.9. The molecule has 1 aliphatic heterocycles. The first-order valence-electron chi connectivity index (χ1n) is 10.3. The second kappa shape index (κ2) is 8.93. The fourth-order valence-corrected chi connectivity index (χ4v) is 3.88. The zero-order valence-electron chi connectivity index (χ0n) is 17.5. The summed E-state index contributed by atoms with van der Waals surface area (Å²) in [4.78, 5) is 26.7. The van der Waals surface area contributed by atoms with Crippen LogP contribution in [0.1, 0.15) is 15.9 Å². The van der Waals surface area contributed by atoms with Crippen molar-refractivity contribution in [2.75, 3.05) is 31.1 Å². The van der Waals surface area contributed by atoms with Gasteiger partial charge in [-0.25, -0.2) is 0 Å². The fourth-order valence-electron chi connectivity index (χ4n) is 3.88. The van der Waals surface area contributed by atoms with Crippen LogP contribution in [0.4, 0.5) is 24.5 Å². The normalized spacial score (nSPS) is 14.3. The summed E-state index contributed by atoms with van der Waals surface area (Å²) >= 11 is 0. The lowest BCUT2D eigenvalue weighted by atomic mass is 10.0. The molecular formula is C24H20F3N3O3. The Balaban J connectivity index is 1.45. The largest absolute Gasteiger partial charge is 0.416 e. The number of carbonyl (C=O) groups is 1. The molecule has 6 nitrogen and oxygen atoms in total. The first-order valence-corrected chi connectivity index (χ1v) is 10.3. The third kappa shape index (κ3) is 4.82. The van der Waals surface area contributed by atoms with Crippen LogP contribution in [0.15, 0.2) is 72.8 Å². The van der Waals surface area contributed by atoms with Crippen molar-refractivity contribution in [2.24, 2.45) is 0 Å². The number of rotatable bonds is 4. The van der Waals surface area contributed by atoms with E-state index in [-0.39, 0.29) is 24.7 Å². The minimum atomic E-state index is -4.66. The summed E-state index contributed by atoms with van der Waals surface area (Å²) < 4.78 is 38.8. The van der Waals surface area contributed by atoms with Crippen molar-refractivity contribution in [1.29, 1.82) is 0 Å². The molecule has 4 rings (SSSR count). The molecule has 0 spiro atoms. The molecule has 0 atom stereocenters. The Morgan fingerprint density at radius 3 is 2.03 bits per heavy atom. The molecule has 1 saturated heterocycles. The fraction of sp³-hybridized carbons (Fsp3) is 0.208. The third-order valence-electron chi connectivity index (χ3n) is 5.65. The summed E-state index contributed by atoms with van der Waals surface area (Å²) in [7, 11) is 0. The number of hydrogen-bond acceptors (Lipinski definition) is 4. The molecule has 1 heterocycles. The van der Waals surface area contributed by atoms with Gasteiger partial charge in [0.2, 0.25) is 0 Å². The first kappa shape index (κ1) is 22.3. The summed E-state index contributed by atoms with van der Waals surface area (Å²) in [6.07, 6.45) is -4.66. The molecule has 1 fully saturated rings. The zero-order chi connectivity index (χ0) is 23.6. The summed E-state index contributed by atoms with van der Waals surface area (Å²) in [5, 5.41) is 11.4. The number of piperazine rings is 1. The highest BCUT2D eigenvalue weighted by Gasteiger charge is 2.34. The Kier molecular flexibility index (Phi) is 6.04. The van der Waals surface area contributed by atoms with Crippen LogP contribution in [-0.4, -0.2) is 41.9 Å². The highest BCUT2D eigenvalue weighted by Crippen LogP contribution is 2.36. The molecule has 0 unspecified atom stereocenters. The summed E-state index contributed by atoms with van der Waals surface area (Å²) in [5.41, 5.74) is 1.03. The molecule has 170 valence electrons. The van der Waals surface area contributed by atoms with E-state index >= 15 is 0 Å². The quantitative estimate of drug-likeness (QED) is 0.399.